The van der Waals surface area contributed by atoms with Crippen LogP contribution in [-0.2, 0) is 4.79 Å². The molecule has 1 heterocycles. The maximum Gasteiger partial charge on any atom is 0.237 e. The van der Waals surface area contributed by atoms with Crippen molar-refractivity contribution >= 4 is 17.2 Å². The molecule has 0 radical (unpaired) electrons. The van der Waals surface area contributed by atoms with Crippen LogP contribution in [0.1, 0.15) is 51.5 Å². The number of nitrogens with one attached hydrogen (secondary N) is 1. The van der Waals surface area contributed by atoms with Crippen molar-refractivity contribution in [2.24, 2.45) is 11.1 Å². The number of amides is 1. The van der Waals surface area contributed by atoms with Crippen LogP contribution in [0.3, 0.4) is 0 Å². The molecule has 2 unspecified atom stereocenters. The molecule has 0 fully saturated rings. The van der Waals surface area contributed by atoms with Gasteiger partial charge in [0.05, 0.1) is 12.1 Å². The molecule has 0 aliphatic heterocycles. The van der Waals surface area contributed by atoms with Gasteiger partial charge in [0.25, 0.3) is 0 Å². The van der Waals surface area contributed by atoms with Crippen molar-refractivity contribution in [3.8, 4) is 0 Å². The van der Waals surface area contributed by atoms with Gasteiger partial charge >= 0.3 is 0 Å². The van der Waals surface area contributed by atoms with Crippen molar-refractivity contribution in [3.05, 3.63) is 22.4 Å². The first kappa shape index (κ1) is 15.2. The lowest BCUT2D eigenvalue weighted by molar-refractivity contribution is -0.125. The fourth-order valence-corrected chi connectivity index (χ4v) is 2.53. The largest absolute Gasteiger partial charge is 0.347 e. The minimum Gasteiger partial charge on any atom is -0.347 e. The molecule has 3 N–H and O–H groups in total. The summed E-state index contributed by atoms with van der Waals surface area (Å²) in [5.41, 5.74) is 5.77. The van der Waals surface area contributed by atoms with Gasteiger partial charge in [0.15, 0.2) is 0 Å². The molecule has 1 rings (SSSR count). The highest BCUT2D eigenvalue weighted by atomic mass is 32.1. The van der Waals surface area contributed by atoms with Crippen molar-refractivity contribution in [2.75, 3.05) is 0 Å². The molecule has 3 nitrogen and oxygen atoms in total. The third-order valence-corrected chi connectivity index (χ3v) is 3.98. The van der Waals surface area contributed by atoms with E-state index in [0.717, 1.165) is 12.8 Å². The molecule has 0 aliphatic carbocycles. The fourth-order valence-electron chi connectivity index (χ4n) is 1.72. The Hall–Kier alpha value is -0.870. The number of hydrogen-bond donors (Lipinski definition) is 2. The van der Waals surface area contributed by atoms with Crippen molar-refractivity contribution in [1.82, 2.24) is 5.32 Å². The first-order valence-corrected chi connectivity index (χ1v) is 7.33. The number of hydrogen-bond acceptors (Lipinski definition) is 3. The Bertz CT molecular complexity index is 368. The average molecular weight is 268 g/mol. The summed E-state index contributed by atoms with van der Waals surface area (Å²) in [7, 11) is 0. The molecular formula is C14H24N2OS. The first-order valence-electron chi connectivity index (χ1n) is 6.45. The maximum absolute atomic E-state index is 12.1. The molecular weight excluding hydrogens is 244 g/mol. The smallest absolute Gasteiger partial charge is 0.237 e. The van der Waals surface area contributed by atoms with Crippen LogP contribution in [0.2, 0.25) is 0 Å². The summed E-state index contributed by atoms with van der Waals surface area (Å²) in [6.45, 7) is 8.07. The third kappa shape index (κ3) is 4.10. The monoisotopic (exact) mass is 268 g/mol. The van der Waals surface area contributed by atoms with E-state index in [0.29, 0.717) is 0 Å². The second kappa shape index (κ2) is 6.34. The lowest BCUT2D eigenvalue weighted by Crippen LogP contribution is -2.49. The predicted octanol–water partition coefficient (Wildman–Crippen LogP) is 3.08. The highest BCUT2D eigenvalue weighted by Gasteiger charge is 2.29. The Kier molecular flexibility index (Phi) is 5.35. The van der Waals surface area contributed by atoms with Crippen LogP contribution in [0.25, 0.3) is 0 Å². The van der Waals surface area contributed by atoms with Crippen LogP contribution in [0.4, 0.5) is 0 Å². The molecule has 0 aliphatic rings. The fraction of sp³-hybridized carbons (Fsp3) is 0.643. The third-order valence-electron chi connectivity index (χ3n) is 3.00. The molecule has 102 valence electrons. The van der Waals surface area contributed by atoms with E-state index in [9.17, 15) is 4.79 Å². The zero-order valence-corrected chi connectivity index (χ0v) is 12.5. The molecule has 2 atom stereocenters. The van der Waals surface area contributed by atoms with Gasteiger partial charge < -0.3 is 11.1 Å². The van der Waals surface area contributed by atoms with Crippen LogP contribution < -0.4 is 11.1 Å². The Balaban J connectivity index is 2.70. The Morgan fingerprint density at radius 2 is 2.17 bits per heavy atom. The van der Waals surface area contributed by atoms with Gasteiger partial charge in [-0.15, -0.1) is 11.3 Å². The standard InChI is InChI=1S/C14H24N2OS/c1-5-7-10(11-8-6-9-18-11)16-13(17)12(15)14(2,3)4/h6,8-10,12H,5,7,15H2,1-4H3,(H,16,17). The first-order chi connectivity index (χ1) is 8.36. The van der Waals surface area contributed by atoms with Crippen LogP contribution >= 0.6 is 11.3 Å². The van der Waals surface area contributed by atoms with E-state index in [4.69, 9.17) is 5.73 Å². The summed E-state index contributed by atoms with van der Waals surface area (Å²) in [6.07, 6.45) is 1.98. The number of nitrogens with two attached hydrogens (primary N) is 1. The Morgan fingerprint density at radius 3 is 2.61 bits per heavy atom. The average Bonchev–Trinajstić information content (AvgIpc) is 2.79. The molecule has 0 bridgehead atoms. The second-order valence-electron chi connectivity index (χ2n) is 5.71. The SMILES string of the molecule is CCCC(NC(=O)C(N)C(C)(C)C)c1cccs1. The Labute approximate surface area is 114 Å². The van der Waals surface area contributed by atoms with Gasteiger partial charge in [-0.25, -0.2) is 0 Å². The van der Waals surface area contributed by atoms with E-state index in [2.05, 4.69) is 18.3 Å². The zero-order chi connectivity index (χ0) is 13.8. The van der Waals surface area contributed by atoms with Gasteiger partial charge in [-0.3, -0.25) is 4.79 Å². The van der Waals surface area contributed by atoms with Crippen LogP contribution in [0.15, 0.2) is 17.5 Å². The van der Waals surface area contributed by atoms with E-state index < -0.39 is 6.04 Å². The van der Waals surface area contributed by atoms with Gasteiger partial charge in [-0.2, -0.15) is 0 Å². The molecule has 1 amide bonds. The highest BCUT2D eigenvalue weighted by Crippen LogP contribution is 2.24. The molecule has 0 saturated carbocycles. The van der Waals surface area contributed by atoms with Crippen molar-refractivity contribution in [2.45, 2.75) is 52.6 Å². The van der Waals surface area contributed by atoms with Crippen molar-refractivity contribution < 1.29 is 4.79 Å². The van der Waals surface area contributed by atoms with E-state index in [1.165, 1.54) is 4.88 Å². The summed E-state index contributed by atoms with van der Waals surface area (Å²) < 4.78 is 0. The number of rotatable bonds is 5. The summed E-state index contributed by atoms with van der Waals surface area (Å²) in [5, 5.41) is 5.11. The van der Waals surface area contributed by atoms with Gasteiger partial charge in [0, 0.05) is 4.88 Å². The molecule has 4 heteroatoms. The minimum absolute atomic E-state index is 0.0608. The van der Waals surface area contributed by atoms with E-state index >= 15 is 0 Å². The summed E-state index contributed by atoms with van der Waals surface area (Å²) in [6, 6.07) is 3.69. The van der Waals surface area contributed by atoms with Gasteiger partial charge in [0.1, 0.15) is 0 Å². The van der Waals surface area contributed by atoms with Gasteiger partial charge in [0.2, 0.25) is 5.91 Å². The molecule has 1 aromatic heterocycles. The lowest BCUT2D eigenvalue weighted by atomic mass is 9.86. The topological polar surface area (TPSA) is 55.1 Å². The number of thiophene rings is 1. The lowest BCUT2D eigenvalue weighted by Gasteiger charge is -2.28. The van der Waals surface area contributed by atoms with Crippen molar-refractivity contribution in [3.63, 3.8) is 0 Å². The van der Waals surface area contributed by atoms with E-state index in [1.807, 2.05) is 32.2 Å². The normalized spacial score (nSPS) is 15.2. The number of carbonyl (C=O) groups excluding carboxylic acids is 1. The molecule has 1 aromatic rings. The number of carbonyl (C=O) groups is 1. The van der Waals surface area contributed by atoms with Gasteiger partial charge in [-0.05, 0) is 23.3 Å². The summed E-state index contributed by atoms with van der Waals surface area (Å²) >= 11 is 1.68. The maximum atomic E-state index is 12.1. The minimum atomic E-state index is -0.475. The van der Waals surface area contributed by atoms with E-state index in [-0.39, 0.29) is 17.4 Å². The zero-order valence-electron chi connectivity index (χ0n) is 11.7. The summed E-state index contributed by atoms with van der Waals surface area (Å²) in [4.78, 5) is 13.3. The van der Waals surface area contributed by atoms with Gasteiger partial charge in [-0.1, -0.05) is 40.2 Å². The predicted molar refractivity (Wildman–Crippen MR) is 77.5 cm³/mol. The molecule has 18 heavy (non-hydrogen) atoms. The molecule has 0 spiro atoms. The molecule has 0 saturated heterocycles. The highest BCUT2D eigenvalue weighted by molar-refractivity contribution is 7.10. The van der Waals surface area contributed by atoms with Crippen LogP contribution in [-0.4, -0.2) is 11.9 Å². The van der Waals surface area contributed by atoms with Crippen LogP contribution in [0.5, 0.6) is 0 Å². The van der Waals surface area contributed by atoms with Crippen molar-refractivity contribution in [1.29, 1.82) is 0 Å². The quantitative estimate of drug-likeness (QED) is 0.862. The Morgan fingerprint density at radius 1 is 1.50 bits per heavy atom. The van der Waals surface area contributed by atoms with E-state index in [1.54, 1.807) is 11.3 Å². The molecule has 0 aromatic carbocycles. The summed E-state index contributed by atoms with van der Waals surface area (Å²) in [5.74, 6) is -0.0608. The second-order valence-corrected chi connectivity index (χ2v) is 6.69. The van der Waals surface area contributed by atoms with Crippen LogP contribution in [0, 0.1) is 5.41 Å².